The molecule has 3 aliphatic rings. The van der Waals surface area contributed by atoms with Crippen LogP contribution in [-0.4, -0.2) is 64.1 Å². The van der Waals surface area contributed by atoms with Crippen molar-refractivity contribution >= 4 is 15.9 Å². The number of sulfonamides is 1. The molecule has 1 amide bonds. The van der Waals surface area contributed by atoms with Gasteiger partial charge in [0.1, 0.15) is 0 Å². The maximum atomic E-state index is 13.3. The monoisotopic (exact) mass is 398 g/mol. The van der Waals surface area contributed by atoms with Crippen molar-refractivity contribution < 1.29 is 13.2 Å². The lowest BCUT2D eigenvalue weighted by molar-refractivity contribution is 0.0767. The lowest BCUT2D eigenvalue weighted by Gasteiger charge is -2.26. The summed E-state index contributed by atoms with van der Waals surface area (Å²) in [6.07, 6.45) is 3.01. The number of nitrogens with zero attached hydrogens (tertiary/aromatic N) is 5. The smallest absolute Gasteiger partial charge is 0.276 e. The molecule has 5 rings (SSSR count). The van der Waals surface area contributed by atoms with E-state index < -0.39 is 10.0 Å². The molecule has 3 saturated heterocycles. The number of fused-ring (bicyclic) bond motifs is 5. The van der Waals surface area contributed by atoms with Crippen LogP contribution in [-0.2, 0) is 10.0 Å². The molecule has 4 heterocycles. The van der Waals surface area contributed by atoms with Crippen molar-refractivity contribution in [2.24, 2.45) is 11.8 Å². The summed E-state index contributed by atoms with van der Waals surface area (Å²) in [5.74, 6) is 0.0886. The molecule has 0 saturated carbocycles. The number of likely N-dealkylation sites (tertiary alicyclic amines) is 1. The SMILES string of the molecule is N#Cc1cccc(S(=O)(=O)N2[C@@H]3CC[C@H]2[C@H]2CN(C(=O)c4cn[nH]n4)C[C@H]23)c1. The molecule has 2 aromatic rings. The molecule has 3 aliphatic heterocycles. The number of aromatic nitrogens is 3. The van der Waals surface area contributed by atoms with Crippen molar-refractivity contribution in [2.75, 3.05) is 13.1 Å². The molecule has 2 bridgehead atoms. The van der Waals surface area contributed by atoms with Crippen molar-refractivity contribution in [2.45, 2.75) is 29.8 Å². The zero-order valence-electron chi connectivity index (χ0n) is 14.9. The Morgan fingerprint density at radius 3 is 2.54 bits per heavy atom. The van der Waals surface area contributed by atoms with E-state index >= 15 is 0 Å². The highest BCUT2D eigenvalue weighted by atomic mass is 32.2. The number of H-pyrrole nitrogens is 1. The second-order valence-corrected chi connectivity index (χ2v) is 9.42. The van der Waals surface area contributed by atoms with Crippen LogP contribution in [0, 0.1) is 23.2 Å². The van der Waals surface area contributed by atoms with Crippen LogP contribution in [0.2, 0.25) is 0 Å². The molecule has 0 aliphatic carbocycles. The van der Waals surface area contributed by atoms with E-state index in [1.165, 1.54) is 12.3 Å². The van der Waals surface area contributed by atoms with E-state index in [4.69, 9.17) is 5.26 Å². The highest BCUT2D eigenvalue weighted by Crippen LogP contribution is 2.51. The van der Waals surface area contributed by atoms with E-state index in [0.717, 1.165) is 12.8 Å². The van der Waals surface area contributed by atoms with Crippen LogP contribution in [0.15, 0.2) is 35.4 Å². The fraction of sp³-hybridized carbons (Fsp3) is 0.444. The molecule has 0 spiro atoms. The van der Waals surface area contributed by atoms with Crippen molar-refractivity contribution in [3.8, 4) is 6.07 Å². The van der Waals surface area contributed by atoms with E-state index in [-0.39, 0.29) is 40.4 Å². The second-order valence-electron chi connectivity index (χ2n) is 7.58. The highest BCUT2D eigenvalue weighted by molar-refractivity contribution is 7.89. The largest absolute Gasteiger partial charge is 0.336 e. The third-order valence-electron chi connectivity index (χ3n) is 6.27. The first-order valence-corrected chi connectivity index (χ1v) is 10.6. The third kappa shape index (κ3) is 2.40. The van der Waals surface area contributed by atoms with E-state index in [9.17, 15) is 13.2 Å². The summed E-state index contributed by atoms with van der Waals surface area (Å²) in [5.41, 5.74) is 0.613. The van der Waals surface area contributed by atoms with Crippen molar-refractivity contribution in [1.82, 2.24) is 24.6 Å². The molecule has 4 atom stereocenters. The van der Waals surface area contributed by atoms with Crippen LogP contribution in [0.1, 0.15) is 28.9 Å². The number of rotatable bonds is 3. The molecule has 0 unspecified atom stereocenters. The summed E-state index contributed by atoms with van der Waals surface area (Å²) in [6, 6.07) is 7.95. The number of amides is 1. The standard InChI is InChI=1S/C18H18N6O3S/c19-7-11-2-1-3-12(6-11)28(26,27)24-16-4-5-17(24)14-10-23(9-13(14)16)18(25)15-8-20-22-21-15/h1-3,6,8,13-14,16-17H,4-5,9-10H2,(H,20,21,22)/t13-,14+,16-,17+. The number of carbonyl (C=O) groups is 1. The van der Waals surface area contributed by atoms with E-state index in [1.807, 2.05) is 6.07 Å². The summed E-state index contributed by atoms with van der Waals surface area (Å²) >= 11 is 0. The Morgan fingerprint density at radius 1 is 1.21 bits per heavy atom. The minimum Gasteiger partial charge on any atom is -0.336 e. The average Bonchev–Trinajstić information content (AvgIpc) is 3.48. The van der Waals surface area contributed by atoms with E-state index in [2.05, 4.69) is 15.4 Å². The van der Waals surface area contributed by atoms with Gasteiger partial charge in [-0.25, -0.2) is 8.42 Å². The van der Waals surface area contributed by atoms with Gasteiger partial charge in [0.2, 0.25) is 10.0 Å². The maximum Gasteiger partial charge on any atom is 0.276 e. The molecule has 1 aromatic carbocycles. The number of hydrogen-bond donors (Lipinski definition) is 1. The van der Waals surface area contributed by atoms with Crippen LogP contribution in [0.3, 0.4) is 0 Å². The summed E-state index contributed by atoms with van der Waals surface area (Å²) < 4.78 is 28.3. The quantitative estimate of drug-likeness (QED) is 0.808. The number of carbonyl (C=O) groups excluding carboxylic acids is 1. The Bertz CT molecular complexity index is 1060. The first-order valence-electron chi connectivity index (χ1n) is 9.19. The van der Waals surface area contributed by atoms with Gasteiger partial charge in [-0.05, 0) is 42.9 Å². The minimum atomic E-state index is -3.68. The maximum absolute atomic E-state index is 13.3. The van der Waals surface area contributed by atoms with E-state index in [0.29, 0.717) is 18.7 Å². The molecule has 1 aromatic heterocycles. The van der Waals surface area contributed by atoms with Gasteiger partial charge in [-0.15, -0.1) is 0 Å². The molecule has 9 nitrogen and oxygen atoms in total. The van der Waals surface area contributed by atoms with Gasteiger partial charge in [0.05, 0.1) is 22.7 Å². The Kier molecular flexibility index (Phi) is 3.79. The van der Waals surface area contributed by atoms with Gasteiger partial charge in [0, 0.05) is 25.2 Å². The summed E-state index contributed by atoms with van der Waals surface area (Å²) in [4.78, 5) is 14.5. The first-order chi connectivity index (χ1) is 13.5. The van der Waals surface area contributed by atoms with Crippen LogP contribution >= 0.6 is 0 Å². The molecule has 10 heteroatoms. The topological polar surface area (TPSA) is 123 Å². The van der Waals surface area contributed by atoms with Crippen molar-refractivity contribution in [3.63, 3.8) is 0 Å². The van der Waals surface area contributed by atoms with Crippen molar-refractivity contribution in [3.05, 3.63) is 41.7 Å². The zero-order chi connectivity index (χ0) is 19.5. The average molecular weight is 398 g/mol. The van der Waals surface area contributed by atoms with Gasteiger partial charge in [-0.2, -0.15) is 25.0 Å². The molecule has 144 valence electrons. The van der Waals surface area contributed by atoms with Gasteiger partial charge >= 0.3 is 0 Å². The minimum absolute atomic E-state index is 0.110. The summed E-state index contributed by atoms with van der Waals surface area (Å²) in [5, 5.41) is 19.1. The third-order valence-corrected chi connectivity index (χ3v) is 8.22. The Hall–Kier alpha value is -2.77. The lowest BCUT2D eigenvalue weighted by Crippen LogP contribution is -2.41. The van der Waals surface area contributed by atoms with Gasteiger partial charge in [0.25, 0.3) is 5.91 Å². The predicted octanol–water partition coefficient (Wildman–Crippen LogP) is 0.600. The summed E-state index contributed by atoms with van der Waals surface area (Å²) in [6.45, 7) is 1.06. The highest BCUT2D eigenvalue weighted by Gasteiger charge is 2.60. The number of nitrogens with one attached hydrogen (secondary N) is 1. The van der Waals surface area contributed by atoms with Crippen LogP contribution < -0.4 is 0 Å². The number of benzene rings is 1. The van der Waals surface area contributed by atoms with Gasteiger partial charge in [-0.1, -0.05) is 6.07 Å². The van der Waals surface area contributed by atoms with Gasteiger partial charge < -0.3 is 4.90 Å². The number of aromatic amines is 1. The van der Waals surface area contributed by atoms with Gasteiger partial charge in [-0.3, -0.25) is 4.79 Å². The number of hydrogen-bond acceptors (Lipinski definition) is 6. The predicted molar refractivity (Wildman–Crippen MR) is 96.3 cm³/mol. The van der Waals surface area contributed by atoms with Gasteiger partial charge in [0.15, 0.2) is 5.69 Å². The molecule has 3 fully saturated rings. The van der Waals surface area contributed by atoms with Crippen LogP contribution in [0.4, 0.5) is 0 Å². The Labute approximate surface area is 162 Å². The first kappa shape index (κ1) is 17.3. The van der Waals surface area contributed by atoms with Crippen LogP contribution in [0.5, 0.6) is 0 Å². The number of nitriles is 1. The molecular formula is C18H18N6O3S. The van der Waals surface area contributed by atoms with E-state index in [1.54, 1.807) is 27.4 Å². The molecular weight excluding hydrogens is 380 g/mol. The fourth-order valence-electron chi connectivity index (χ4n) is 5.15. The molecule has 28 heavy (non-hydrogen) atoms. The summed E-state index contributed by atoms with van der Waals surface area (Å²) in [7, 11) is -3.68. The van der Waals surface area contributed by atoms with Crippen molar-refractivity contribution in [1.29, 1.82) is 5.26 Å². The molecule has 1 N–H and O–H groups in total. The Morgan fingerprint density at radius 2 is 1.93 bits per heavy atom. The zero-order valence-corrected chi connectivity index (χ0v) is 15.7. The van der Waals surface area contributed by atoms with Crippen LogP contribution in [0.25, 0.3) is 0 Å². The molecule has 0 radical (unpaired) electrons. The second kappa shape index (κ2) is 6.12. The fourth-order valence-corrected chi connectivity index (χ4v) is 7.16. The lowest BCUT2D eigenvalue weighted by atomic mass is 9.82. The normalized spacial score (nSPS) is 29.0. The Balaban J connectivity index is 1.41.